The third kappa shape index (κ3) is 5.26. The second-order valence-electron chi connectivity index (χ2n) is 9.43. The highest BCUT2D eigenvalue weighted by atomic mass is 32.2. The summed E-state index contributed by atoms with van der Waals surface area (Å²) in [4.78, 5) is 4.96. The standard InChI is InChI=1S/C25H29F2N3O3S2/c1-17-4-2-10-29(14-17)35(31,32)21-7-9-24-23(13-21)28-25(30(24)15-20-5-3-11-33-20)34-16-18-12-19(26)6-8-22(18)27/h6-9,12-13,17,20H,2-5,10-11,14-16H2,1H3/t17-,20-/m0/s1. The van der Waals surface area contributed by atoms with Gasteiger partial charge in [0, 0.05) is 31.0 Å². The quantitative estimate of drug-likeness (QED) is 0.400. The Balaban J connectivity index is 1.48. The number of imidazole rings is 1. The van der Waals surface area contributed by atoms with Crippen LogP contribution in [0.15, 0.2) is 46.5 Å². The zero-order chi connectivity index (χ0) is 24.6. The number of thioether (sulfide) groups is 1. The number of aromatic nitrogens is 2. The summed E-state index contributed by atoms with van der Waals surface area (Å²) in [5, 5.41) is 0.625. The van der Waals surface area contributed by atoms with Gasteiger partial charge in [-0.15, -0.1) is 0 Å². The van der Waals surface area contributed by atoms with Crippen LogP contribution in [0.4, 0.5) is 8.78 Å². The summed E-state index contributed by atoms with van der Waals surface area (Å²) in [5.41, 5.74) is 1.62. The summed E-state index contributed by atoms with van der Waals surface area (Å²) < 4.78 is 63.9. The van der Waals surface area contributed by atoms with Gasteiger partial charge >= 0.3 is 0 Å². The Morgan fingerprint density at radius 2 is 2.00 bits per heavy atom. The van der Waals surface area contributed by atoms with Gasteiger partial charge in [-0.3, -0.25) is 0 Å². The Labute approximate surface area is 208 Å². The van der Waals surface area contributed by atoms with Crippen LogP contribution in [-0.2, 0) is 27.1 Å². The van der Waals surface area contributed by atoms with E-state index in [0.717, 1.165) is 43.3 Å². The number of fused-ring (bicyclic) bond motifs is 1. The average molecular weight is 522 g/mol. The molecule has 0 N–H and O–H groups in total. The first-order chi connectivity index (χ1) is 16.8. The van der Waals surface area contributed by atoms with Crippen LogP contribution in [0.2, 0.25) is 0 Å². The first-order valence-electron chi connectivity index (χ1n) is 12.0. The molecule has 35 heavy (non-hydrogen) atoms. The van der Waals surface area contributed by atoms with Crippen LogP contribution >= 0.6 is 11.8 Å². The summed E-state index contributed by atoms with van der Waals surface area (Å²) in [5.74, 6) is -0.421. The van der Waals surface area contributed by atoms with Crippen molar-refractivity contribution in [3.05, 3.63) is 53.6 Å². The van der Waals surface area contributed by atoms with Crippen LogP contribution in [0.25, 0.3) is 11.0 Å². The number of hydrogen-bond donors (Lipinski definition) is 0. The molecule has 1 aromatic heterocycles. The van der Waals surface area contributed by atoms with E-state index in [4.69, 9.17) is 9.72 Å². The monoisotopic (exact) mass is 521 g/mol. The molecule has 10 heteroatoms. The molecule has 0 bridgehead atoms. The Hall–Kier alpha value is -2.01. The van der Waals surface area contributed by atoms with Gasteiger partial charge in [-0.2, -0.15) is 4.31 Å². The molecular weight excluding hydrogens is 492 g/mol. The van der Waals surface area contributed by atoms with Crippen molar-refractivity contribution in [2.24, 2.45) is 5.92 Å². The predicted molar refractivity (Wildman–Crippen MR) is 132 cm³/mol. The highest BCUT2D eigenvalue weighted by Crippen LogP contribution is 2.32. The molecule has 0 spiro atoms. The zero-order valence-electron chi connectivity index (χ0n) is 19.6. The molecule has 0 unspecified atom stereocenters. The third-order valence-electron chi connectivity index (χ3n) is 6.72. The summed E-state index contributed by atoms with van der Waals surface area (Å²) in [6, 6.07) is 8.48. The van der Waals surface area contributed by atoms with E-state index in [1.165, 1.54) is 17.8 Å². The Morgan fingerprint density at radius 1 is 1.14 bits per heavy atom. The van der Waals surface area contributed by atoms with Crippen LogP contribution < -0.4 is 0 Å². The number of rotatable bonds is 7. The van der Waals surface area contributed by atoms with Gasteiger partial charge < -0.3 is 9.30 Å². The molecule has 3 aromatic rings. The Morgan fingerprint density at radius 3 is 2.77 bits per heavy atom. The van der Waals surface area contributed by atoms with Crippen LogP contribution in [0.5, 0.6) is 0 Å². The second kappa shape index (κ2) is 10.2. The first kappa shape index (κ1) is 24.7. The van der Waals surface area contributed by atoms with Crippen LogP contribution in [0.1, 0.15) is 38.2 Å². The molecule has 0 aliphatic carbocycles. The fourth-order valence-electron chi connectivity index (χ4n) is 4.84. The van der Waals surface area contributed by atoms with Gasteiger partial charge in [0.2, 0.25) is 10.0 Å². The molecule has 3 heterocycles. The Kier molecular flexibility index (Phi) is 7.16. The fourth-order valence-corrected chi connectivity index (χ4v) is 7.45. The van der Waals surface area contributed by atoms with E-state index in [1.807, 2.05) is 4.57 Å². The maximum atomic E-state index is 14.2. The van der Waals surface area contributed by atoms with Crippen molar-refractivity contribution in [2.45, 2.75) is 61.1 Å². The number of benzene rings is 2. The molecule has 0 amide bonds. The lowest BCUT2D eigenvalue weighted by atomic mass is 10.0. The minimum absolute atomic E-state index is 0.0379. The van der Waals surface area contributed by atoms with Gasteiger partial charge in [0.15, 0.2) is 5.16 Å². The SMILES string of the molecule is C[C@H]1CCCN(S(=O)(=O)c2ccc3c(c2)nc(SCc2cc(F)ccc2F)n3C[C@@H]2CCCO2)C1. The molecule has 6 nitrogen and oxygen atoms in total. The minimum Gasteiger partial charge on any atom is -0.376 e. The van der Waals surface area contributed by atoms with Gasteiger partial charge in [0.25, 0.3) is 0 Å². The number of ether oxygens (including phenoxy) is 1. The van der Waals surface area contributed by atoms with Crippen LogP contribution in [-0.4, -0.2) is 48.1 Å². The Bertz CT molecular complexity index is 1320. The van der Waals surface area contributed by atoms with Crippen molar-refractivity contribution in [1.82, 2.24) is 13.9 Å². The van der Waals surface area contributed by atoms with Gasteiger partial charge in [-0.25, -0.2) is 22.2 Å². The molecule has 5 rings (SSSR count). The molecule has 2 aromatic carbocycles. The third-order valence-corrected chi connectivity index (χ3v) is 9.60. The number of halogens is 2. The summed E-state index contributed by atoms with van der Waals surface area (Å²) in [6.07, 6.45) is 3.85. The van der Waals surface area contributed by atoms with E-state index in [1.54, 1.807) is 22.5 Å². The van der Waals surface area contributed by atoms with Crippen molar-refractivity contribution in [2.75, 3.05) is 19.7 Å². The van der Waals surface area contributed by atoms with E-state index < -0.39 is 21.7 Å². The van der Waals surface area contributed by atoms with Crippen molar-refractivity contribution >= 4 is 32.8 Å². The largest absolute Gasteiger partial charge is 0.376 e. The van der Waals surface area contributed by atoms with Crippen molar-refractivity contribution < 1.29 is 21.9 Å². The van der Waals surface area contributed by atoms with E-state index in [2.05, 4.69) is 6.92 Å². The second-order valence-corrected chi connectivity index (χ2v) is 12.3. The maximum Gasteiger partial charge on any atom is 0.243 e. The van der Waals surface area contributed by atoms with E-state index >= 15 is 0 Å². The molecular formula is C25H29F2N3O3S2. The van der Waals surface area contributed by atoms with E-state index in [-0.39, 0.29) is 22.3 Å². The highest BCUT2D eigenvalue weighted by molar-refractivity contribution is 7.98. The molecule has 188 valence electrons. The summed E-state index contributed by atoms with van der Waals surface area (Å²) >= 11 is 1.30. The number of sulfonamides is 1. The van der Waals surface area contributed by atoms with Crippen molar-refractivity contribution in [3.63, 3.8) is 0 Å². The first-order valence-corrected chi connectivity index (χ1v) is 14.4. The topological polar surface area (TPSA) is 64.4 Å². The number of nitrogens with zero attached hydrogens (tertiary/aromatic N) is 3. The van der Waals surface area contributed by atoms with E-state index in [9.17, 15) is 17.2 Å². The highest BCUT2D eigenvalue weighted by Gasteiger charge is 2.29. The number of hydrogen-bond acceptors (Lipinski definition) is 5. The number of piperidine rings is 1. The smallest absolute Gasteiger partial charge is 0.243 e. The molecule has 2 fully saturated rings. The maximum absolute atomic E-state index is 14.2. The zero-order valence-corrected chi connectivity index (χ0v) is 21.3. The summed E-state index contributed by atoms with van der Waals surface area (Å²) in [6.45, 7) is 4.40. The molecule has 2 aliphatic rings. The fraction of sp³-hybridized carbons (Fsp3) is 0.480. The van der Waals surface area contributed by atoms with Crippen LogP contribution in [0.3, 0.4) is 0 Å². The van der Waals surface area contributed by atoms with Crippen LogP contribution in [0, 0.1) is 17.6 Å². The summed E-state index contributed by atoms with van der Waals surface area (Å²) in [7, 11) is -3.62. The molecule has 2 saturated heterocycles. The molecule has 0 radical (unpaired) electrons. The molecule has 2 atom stereocenters. The van der Waals surface area contributed by atoms with E-state index in [0.29, 0.717) is 42.8 Å². The van der Waals surface area contributed by atoms with Crippen molar-refractivity contribution in [3.8, 4) is 0 Å². The lowest BCUT2D eigenvalue weighted by Crippen LogP contribution is -2.39. The molecule has 0 saturated carbocycles. The van der Waals surface area contributed by atoms with Gasteiger partial charge in [0.1, 0.15) is 11.6 Å². The minimum atomic E-state index is -3.62. The van der Waals surface area contributed by atoms with Gasteiger partial charge in [-0.1, -0.05) is 18.7 Å². The van der Waals surface area contributed by atoms with Crippen molar-refractivity contribution in [1.29, 1.82) is 0 Å². The molecule has 2 aliphatic heterocycles. The average Bonchev–Trinajstić information content (AvgIpc) is 3.47. The van der Waals surface area contributed by atoms with Gasteiger partial charge in [-0.05, 0) is 68.0 Å². The van der Waals surface area contributed by atoms with Gasteiger partial charge in [0.05, 0.1) is 28.6 Å². The lowest BCUT2D eigenvalue weighted by Gasteiger charge is -2.30. The lowest BCUT2D eigenvalue weighted by molar-refractivity contribution is 0.0960. The normalized spacial score (nSPS) is 21.7. The predicted octanol–water partition coefficient (Wildman–Crippen LogP) is 5.21.